The summed E-state index contributed by atoms with van der Waals surface area (Å²) in [5, 5.41) is 2.96. The van der Waals surface area contributed by atoms with Crippen LogP contribution in [-0.2, 0) is 6.54 Å². The van der Waals surface area contributed by atoms with E-state index in [9.17, 15) is 4.79 Å². The van der Waals surface area contributed by atoms with Crippen molar-refractivity contribution in [3.05, 3.63) is 60.9 Å². The molecule has 0 radical (unpaired) electrons. The molecule has 0 spiro atoms. The van der Waals surface area contributed by atoms with E-state index >= 15 is 0 Å². The van der Waals surface area contributed by atoms with Crippen molar-refractivity contribution in [3.8, 4) is 22.9 Å². The highest BCUT2D eigenvalue weighted by atomic mass is 16.5. The van der Waals surface area contributed by atoms with Gasteiger partial charge in [0.15, 0.2) is 11.5 Å². The summed E-state index contributed by atoms with van der Waals surface area (Å²) in [6, 6.07) is 15.6. The van der Waals surface area contributed by atoms with Crippen LogP contribution in [0, 0.1) is 5.92 Å². The fourth-order valence-electron chi connectivity index (χ4n) is 4.08. The summed E-state index contributed by atoms with van der Waals surface area (Å²) in [7, 11) is 3.15. The Morgan fingerprint density at radius 3 is 2.55 bits per heavy atom. The average Bonchev–Trinajstić information content (AvgIpc) is 3.28. The Hall–Kier alpha value is -3.48. The standard InChI is InChI=1S/C24H28N4O3/c1-30-21-10-6-9-20(22(21)31-2)26-24(29)27-14-11-18(12-15-27)17-28-16-13-25-23(28)19-7-4-3-5-8-19/h3-10,13,16,18H,11-12,14-15,17H2,1-2H3,(H,26,29). The van der Waals surface area contributed by atoms with Crippen LogP contribution in [0.15, 0.2) is 60.9 Å². The number of rotatable bonds is 6. The number of amides is 2. The van der Waals surface area contributed by atoms with Gasteiger partial charge in [0.05, 0.1) is 19.9 Å². The minimum Gasteiger partial charge on any atom is -0.493 e. The van der Waals surface area contributed by atoms with Gasteiger partial charge in [0.1, 0.15) is 5.82 Å². The molecule has 0 bridgehead atoms. The Balaban J connectivity index is 1.35. The molecule has 2 heterocycles. The lowest BCUT2D eigenvalue weighted by atomic mass is 9.97. The molecule has 2 amide bonds. The van der Waals surface area contributed by atoms with Crippen molar-refractivity contribution in [2.24, 2.45) is 5.92 Å². The van der Waals surface area contributed by atoms with E-state index < -0.39 is 0 Å². The molecule has 7 nitrogen and oxygen atoms in total. The fourth-order valence-corrected chi connectivity index (χ4v) is 4.08. The molecule has 0 unspecified atom stereocenters. The summed E-state index contributed by atoms with van der Waals surface area (Å²) in [6.45, 7) is 2.35. The maximum atomic E-state index is 12.8. The van der Waals surface area contributed by atoms with Crippen LogP contribution in [0.2, 0.25) is 0 Å². The van der Waals surface area contributed by atoms with Gasteiger partial charge >= 0.3 is 6.03 Å². The topological polar surface area (TPSA) is 68.6 Å². The highest BCUT2D eigenvalue weighted by molar-refractivity contribution is 5.91. The van der Waals surface area contributed by atoms with E-state index in [0.29, 0.717) is 23.1 Å². The minimum absolute atomic E-state index is 0.113. The number of likely N-dealkylation sites (tertiary alicyclic amines) is 1. The van der Waals surface area contributed by atoms with Gasteiger partial charge in [-0.05, 0) is 30.9 Å². The number of piperidine rings is 1. The number of hydrogen-bond acceptors (Lipinski definition) is 4. The lowest BCUT2D eigenvalue weighted by Gasteiger charge is -2.32. The summed E-state index contributed by atoms with van der Waals surface area (Å²) in [5.41, 5.74) is 1.73. The smallest absolute Gasteiger partial charge is 0.321 e. The molecule has 31 heavy (non-hydrogen) atoms. The molecule has 2 aromatic carbocycles. The van der Waals surface area contributed by atoms with Crippen LogP contribution in [0.4, 0.5) is 10.5 Å². The summed E-state index contributed by atoms with van der Waals surface area (Å²) in [6.07, 6.45) is 5.80. The number of benzene rings is 2. The van der Waals surface area contributed by atoms with Crippen LogP contribution in [0.1, 0.15) is 12.8 Å². The highest BCUT2D eigenvalue weighted by Crippen LogP contribution is 2.35. The first-order valence-corrected chi connectivity index (χ1v) is 10.5. The Kier molecular flexibility index (Phi) is 6.40. The van der Waals surface area contributed by atoms with Crippen LogP contribution in [-0.4, -0.2) is 47.8 Å². The van der Waals surface area contributed by atoms with Crippen LogP contribution in [0.5, 0.6) is 11.5 Å². The number of hydrogen-bond donors (Lipinski definition) is 1. The molecule has 1 N–H and O–H groups in total. The van der Waals surface area contributed by atoms with Gasteiger partial charge in [-0.15, -0.1) is 0 Å². The third kappa shape index (κ3) is 4.66. The van der Waals surface area contributed by atoms with E-state index in [0.717, 1.165) is 43.9 Å². The number of imidazole rings is 1. The van der Waals surface area contributed by atoms with Gasteiger partial charge in [-0.3, -0.25) is 0 Å². The molecule has 4 rings (SSSR count). The number of ether oxygens (including phenoxy) is 2. The number of aromatic nitrogens is 2. The SMILES string of the molecule is COc1cccc(NC(=O)N2CCC(Cn3ccnc3-c3ccccc3)CC2)c1OC. The molecule has 3 aromatic rings. The molecule has 1 aliphatic heterocycles. The molecule has 0 saturated carbocycles. The number of carbonyl (C=O) groups is 1. The number of urea groups is 1. The molecule has 0 atom stereocenters. The average molecular weight is 421 g/mol. The minimum atomic E-state index is -0.113. The summed E-state index contributed by atoms with van der Waals surface area (Å²) in [5.74, 6) is 2.62. The van der Waals surface area contributed by atoms with E-state index in [1.165, 1.54) is 0 Å². The summed E-state index contributed by atoms with van der Waals surface area (Å²) in [4.78, 5) is 19.2. The Morgan fingerprint density at radius 1 is 1.06 bits per heavy atom. The predicted molar refractivity (Wildman–Crippen MR) is 121 cm³/mol. The first-order valence-electron chi connectivity index (χ1n) is 10.5. The Bertz CT molecular complexity index is 1010. The van der Waals surface area contributed by atoms with E-state index in [-0.39, 0.29) is 6.03 Å². The normalized spacial score (nSPS) is 14.3. The second kappa shape index (κ2) is 9.55. The van der Waals surface area contributed by atoms with Crippen molar-refractivity contribution in [1.29, 1.82) is 0 Å². The quantitative estimate of drug-likeness (QED) is 0.637. The van der Waals surface area contributed by atoms with Crippen molar-refractivity contribution in [1.82, 2.24) is 14.5 Å². The largest absolute Gasteiger partial charge is 0.493 e. The molecule has 0 aliphatic carbocycles. The van der Waals surface area contributed by atoms with Gasteiger partial charge in [0, 0.05) is 37.6 Å². The lowest BCUT2D eigenvalue weighted by Crippen LogP contribution is -2.41. The summed E-state index contributed by atoms with van der Waals surface area (Å²) >= 11 is 0. The maximum Gasteiger partial charge on any atom is 0.321 e. The van der Waals surface area contributed by atoms with Crippen LogP contribution in [0.25, 0.3) is 11.4 Å². The molecule has 1 saturated heterocycles. The molecule has 162 valence electrons. The second-order valence-corrected chi connectivity index (χ2v) is 7.67. The number of para-hydroxylation sites is 1. The second-order valence-electron chi connectivity index (χ2n) is 7.67. The maximum absolute atomic E-state index is 12.8. The van der Waals surface area contributed by atoms with Crippen LogP contribution in [0.3, 0.4) is 0 Å². The lowest BCUT2D eigenvalue weighted by molar-refractivity contribution is 0.177. The molecular weight excluding hydrogens is 392 g/mol. The van der Waals surface area contributed by atoms with Gasteiger partial charge in [0.2, 0.25) is 0 Å². The predicted octanol–water partition coefficient (Wildman–Crippen LogP) is 4.51. The van der Waals surface area contributed by atoms with Gasteiger partial charge < -0.3 is 24.3 Å². The van der Waals surface area contributed by atoms with Crippen molar-refractivity contribution < 1.29 is 14.3 Å². The van der Waals surface area contributed by atoms with Crippen LogP contribution < -0.4 is 14.8 Å². The van der Waals surface area contributed by atoms with Gasteiger partial charge in [-0.2, -0.15) is 0 Å². The first-order chi connectivity index (χ1) is 15.2. The van der Waals surface area contributed by atoms with E-state index in [2.05, 4.69) is 27.0 Å². The third-order valence-corrected chi connectivity index (χ3v) is 5.75. The molecule has 1 fully saturated rings. The Morgan fingerprint density at radius 2 is 1.84 bits per heavy atom. The van der Waals surface area contributed by atoms with Gasteiger partial charge in [0.25, 0.3) is 0 Å². The van der Waals surface area contributed by atoms with Crippen LogP contribution >= 0.6 is 0 Å². The molecule has 1 aromatic heterocycles. The highest BCUT2D eigenvalue weighted by Gasteiger charge is 2.24. The zero-order valence-corrected chi connectivity index (χ0v) is 18.0. The van der Waals surface area contributed by atoms with Crippen molar-refractivity contribution in [2.75, 3.05) is 32.6 Å². The first kappa shape index (κ1) is 20.8. The number of anilines is 1. The molecular formula is C24H28N4O3. The van der Waals surface area contributed by atoms with Crippen molar-refractivity contribution in [2.45, 2.75) is 19.4 Å². The number of methoxy groups -OCH3 is 2. The third-order valence-electron chi connectivity index (χ3n) is 5.75. The zero-order chi connectivity index (χ0) is 21.6. The number of nitrogens with zero attached hydrogens (tertiary/aromatic N) is 3. The van der Waals surface area contributed by atoms with Crippen molar-refractivity contribution in [3.63, 3.8) is 0 Å². The van der Waals surface area contributed by atoms with Gasteiger partial charge in [-0.25, -0.2) is 9.78 Å². The Labute approximate surface area is 182 Å². The summed E-state index contributed by atoms with van der Waals surface area (Å²) < 4.78 is 12.9. The van der Waals surface area contributed by atoms with E-state index in [1.54, 1.807) is 20.3 Å². The number of carbonyl (C=O) groups excluding carboxylic acids is 1. The molecule has 1 aliphatic rings. The van der Waals surface area contributed by atoms with E-state index in [4.69, 9.17) is 9.47 Å². The van der Waals surface area contributed by atoms with Gasteiger partial charge in [-0.1, -0.05) is 36.4 Å². The van der Waals surface area contributed by atoms with Crippen molar-refractivity contribution >= 4 is 11.7 Å². The monoisotopic (exact) mass is 420 g/mol. The molecule has 7 heteroatoms. The fraction of sp³-hybridized carbons (Fsp3) is 0.333. The number of nitrogens with one attached hydrogen (secondary N) is 1. The zero-order valence-electron chi connectivity index (χ0n) is 18.0. The van der Waals surface area contributed by atoms with E-state index in [1.807, 2.05) is 47.6 Å².